The van der Waals surface area contributed by atoms with Gasteiger partial charge in [0.25, 0.3) is 5.91 Å². The Labute approximate surface area is 247 Å². The number of carbonyl (C=O) groups excluding carboxylic acids is 3. The number of aromatic nitrogens is 1. The summed E-state index contributed by atoms with van der Waals surface area (Å²) in [6.45, 7) is 14.9. The van der Waals surface area contributed by atoms with Gasteiger partial charge in [-0.25, -0.2) is 4.98 Å². The minimum atomic E-state index is -0.723. The number of carbonyl (C=O) groups is 3. The number of rotatable bonds is 7. The van der Waals surface area contributed by atoms with Crippen molar-refractivity contribution < 1.29 is 19.1 Å². The monoisotopic (exact) mass is 581 g/mol. The molecular formula is C31H43N5O4S. The predicted molar refractivity (Wildman–Crippen MR) is 161 cm³/mol. The summed E-state index contributed by atoms with van der Waals surface area (Å²) in [5.74, 6) is -0.336. The van der Waals surface area contributed by atoms with Gasteiger partial charge in [0.1, 0.15) is 18.7 Å². The van der Waals surface area contributed by atoms with Gasteiger partial charge in [0, 0.05) is 55.1 Å². The maximum Gasteiger partial charge on any atom is 0.251 e. The second-order valence-corrected chi connectivity index (χ2v) is 14.0. The summed E-state index contributed by atoms with van der Waals surface area (Å²) in [6, 6.07) is 6.08. The van der Waals surface area contributed by atoms with E-state index in [2.05, 4.69) is 48.3 Å². The Balaban J connectivity index is 1.28. The molecule has 3 aliphatic rings. The largest absolute Gasteiger partial charge is 0.367 e. The van der Waals surface area contributed by atoms with Crippen molar-refractivity contribution in [3.63, 3.8) is 0 Å². The van der Waals surface area contributed by atoms with Crippen LogP contribution in [0.5, 0.6) is 0 Å². The molecule has 3 saturated heterocycles. The van der Waals surface area contributed by atoms with E-state index in [4.69, 9.17) is 9.72 Å². The van der Waals surface area contributed by atoms with Crippen molar-refractivity contribution in [3.8, 4) is 11.3 Å². The molecule has 1 aromatic carbocycles. The Morgan fingerprint density at radius 3 is 2.44 bits per heavy atom. The lowest BCUT2D eigenvalue weighted by Crippen LogP contribution is -2.52. The number of piperazine rings is 1. The number of Topliss-reactive ketones (excluding diaryl/α,β-unsaturated/α-hetero) is 1. The zero-order valence-electron chi connectivity index (χ0n) is 25.1. The molecule has 9 nitrogen and oxygen atoms in total. The molecule has 0 spiro atoms. The number of amides is 2. The zero-order chi connectivity index (χ0) is 29.5. The molecule has 0 bridgehead atoms. The summed E-state index contributed by atoms with van der Waals surface area (Å²) in [5.41, 5.74) is 2.20. The number of ketones is 1. The molecule has 10 heteroatoms. The predicted octanol–water partition coefficient (Wildman–Crippen LogP) is 3.55. The van der Waals surface area contributed by atoms with E-state index < -0.39 is 12.1 Å². The minimum Gasteiger partial charge on any atom is -0.367 e. The van der Waals surface area contributed by atoms with Gasteiger partial charge in [0.05, 0.1) is 11.8 Å². The lowest BCUT2D eigenvalue weighted by atomic mass is 9.78. The number of nitrogens with zero attached hydrogens (tertiary/aromatic N) is 4. The number of benzene rings is 1. The molecule has 1 aromatic heterocycles. The van der Waals surface area contributed by atoms with Crippen molar-refractivity contribution in [2.75, 3.05) is 51.3 Å². The van der Waals surface area contributed by atoms with Crippen molar-refractivity contribution in [1.82, 2.24) is 20.1 Å². The van der Waals surface area contributed by atoms with Crippen LogP contribution in [0.2, 0.25) is 0 Å². The van der Waals surface area contributed by atoms with E-state index >= 15 is 0 Å². The van der Waals surface area contributed by atoms with Gasteiger partial charge < -0.3 is 24.8 Å². The number of likely N-dealkylation sites (N-methyl/N-ethyl adjacent to an activating group) is 1. The molecule has 222 valence electrons. The van der Waals surface area contributed by atoms with E-state index in [0.717, 1.165) is 42.6 Å². The Hall–Kier alpha value is -2.82. The van der Waals surface area contributed by atoms with Gasteiger partial charge in [-0.1, -0.05) is 46.8 Å². The normalized spacial score (nSPS) is 24.2. The van der Waals surface area contributed by atoms with Crippen molar-refractivity contribution in [2.45, 2.75) is 59.2 Å². The quantitative estimate of drug-likeness (QED) is 0.535. The third-order valence-corrected chi connectivity index (χ3v) is 9.50. The Bertz CT molecular complexity index is 1260. The summed E-state index contributed by atoms with van der Waals surface area (Å²) in [7, 11) is 2.14. The molecule has 0 aliphatic carbocycles. The third kappa shape index (κ3) is 6.34. The molecular weight excluding hydrogens is 538 g/mol. The van der Waals surface area contributed by atoms with Crippen LogP contribution in [0, 0.1) is 17.3 Å². The van der Waals surface area contributed by atoms with Crippen molar-refractivity contribution in [3.05, 3.63) is 35.2 Å². The molecule has 1 N–H and O–H groups in total. The second kappa shape index (κ2) is 11.8. The van der Waals surface area contributed by atoms with E-state index in [9.17, 15) is 14.4 Å². The van der Waals surface area contributed by atoms with Crippen LogP contribution in [0.15, 0.2) is 29.6 Å². The van der Waals surface area contributed by atoms with Crippen LogP contribution in [-0.2, 0) is 14.3 Å². The Morgan fingerprint density at radius 2 is 1.80 bits per heavy atom. The highest BCUT2D eigenvalue weighted by molar-refractivity contribution is 7.14. The molecule has 2 aromatic rings. The number of hydrogen-bond donors (Lipinski definition) is 1. The van der Waals surface area contributed by atoms with Crippen LogP contribution < -0.4 is 10.2 Å². The van der Waals surface area contributed by atoms with E-state index in [1.165, 1.54) is 0 Å². The van der Waals surface area contributed by atoms with Crippen LogP contribution in [-0.4, -0.2) is 96.9 Å². The van der Waals surface area contributed by atoms with E-state index in [-0.39, 0.29) is 47.6 Å². The summed E-state index contributed by atoms with van der Waals surface area (Å²) in [4.78, 5) is 51.2. The topological polar surface area (TPSA) is 95.1 Å². The second-order valence-electron chi connectivity index (χ2n) is 13.2. The van der Waals surface area contributed by atoms with Crippen molar-refractivity contribution >= 4 is 34.1 Å². The number of nitrogens with one attached hydrogen (secondary N) is 1. The van der Waals surface area contributed by atoms with Crippen LogP contribution in [0.25, 0.3) is 11.3 Å². The lowest BCUT2D eigenvalue weighted by Gasteiger charge is -2.32. The molecule has 3 aliphatic heterocycles. The highest BCUT2D eigenvalue weighted by Gasteiger charge is 2.55. The van der Waals surface area contributed by atoms with Crippen molar-refractivity contribution in [2.24, 2.45) is 17.3 Å². The van der Waals surface area contributed by atoms with Crippen molar-refractivity contribution in [1.29, 1.82) is 0 Å². The highest BCUT2D eigenvalue weighted by atomic mass is 32.1. The lowest BCUT2D eigenvalue weighted by molar-refractivity contribution is -0.138. The Morgan fingerprint density at radius 1 is 1.12 bits per heavy atom. The van der Waals surface area contributed by atoms with Gasteiger partial charge in [0.15, 0.2) is 10.9 Å². The number of likely N-dealkylation sites (tertiary alicyclic amines) is 1. The van der Waals surface area contributed by atoms with E-state index in [1.54, 1.807) is 28.4 Å². The van der Waals surface area contributed by atoms with Crippen LogP contribution in [0.1, 0.15) is 51.4 Å². The van der Waals surface area contributed by atoms with Crippen LogP contribution in [0.3, 0.4) is 0 Å². The number of hydrogen-bond acceptors (Lipinski definition) is 8. The molecule has 3 fully saturated rings. The molecule has 5 rings (SSSR count). The van der Waals surface area contributed by atoms with E-state index in [1.807, 2.05) is 26.0 Å². The average molecular weight is 582 g/mol. The number of fused-ring (bicyclic) bond motifs is 1. The summed E-state index contributed by atoms with van der Waals surface area (Å²) in [5, 5.41) is 6.07. The maximum atomic E-state index is 13.9. The molecule has 0 radical (unpaired) electrons. The van der Waals surface area contributed by atoms with Gasteiger partial charge in [0.2, 0.25) is 5.91 Å². The van der Waals surface area contributed by atoms with Gasteiger partial charge in [-0.15, -0.1) is 11.3 Å². The molecule has 2 amide bonds. The Kier molecular flexibility index (Phi) is 8.55. The summed E-state index contributed by atoms with van der Waals surface area (Å²) in [6.07, 6.45) is 0.191. The summed E-state index contributed by atoms with van der Waals surface area (Å²) >= 11 is 1.64. The van der Waals surface area contributed by atoms with Crippen LogP contribution >= 0.6 is 11.3 Å². The van der Waals surface area contributed by atoms with Gasteiger partial charge in [-0.05, 0) is 36.9 Å². The average Bonchev–Trinajstić information content (AvgIpc) is 3.65. The van der Waals surface area contributed by atoms with Gasteiger partial charge >= 0.3 is 0 Å². The van der Waals surface area contributed by atoms with Gasteiger partial charge in [-0.2, -0.15) is 0 Å². The standard InChI is InChI=1S/C31H43N5O4S/c1-19(2)15-23(29(39)36-16-22(31(3,4)5)27-26(36)25(37)17-40-27)32-28(38)21-9-7-20(8-10-21)24-18-41-30(33-24)35-13-11-34(6)12-14-35/h7-10,18-19,22-23,26-27H,11-17H2,1-6H3,(H,32,38)/t22-,23-,26+,27+/m0/s1. The zero-order valence-corrected chi connectivity index (χ0v) is 25.9. The number of thiazole rings is 1. The number of anilines is 1. The molecule has 41 heavy (non-hydrogen) atoms. The third-order valence-electron chi connectivity index (χ3n) is 8.60. The molecule has 4 heterocycles. The fourth-order valence-corrected chi connectivity index (χ4v) is 7.00. The smallest absolute Gasteiger partial charge is 0.251 e. The first-order chi connectivity index (χ1) is 19.4. The first-order valence-corrected chi connectivity index (χ1v) is 15.6. The maximum absolute atomic E-state index is 13.9. The fourth-order valence-electron chi connectivity index (χ4n) is 6.12. The van der Waals surface area contributed by atoms with Crippen LogP contribution in [0.4, 0.5) is 5.13 Å². The number of ether oxygens (including phenoxy) is 1. The molecule has 4 atom stereocenters. The highest BCUT2D eigenvalue weighted by Crippen LogP contribution is 2.42. The molecule has 0 unspecified atom stereocenters. The van der Waals surface area contributed by atoms with E-state index in [0.29, 0.717) is 18.5 Å². The fraction of sp³-hybridized carbons (Fsp3) is 0.613. The first kappa shape index (κ1) is 29.7. The van der Waals surface area contributed by atoms with Gasteiger partial charge in [-0.3, -0.25) is 14.4 Å². The first-order valence-electron chi connectivity index (χ1n) is 14.7. The SMILES string of the molecule is CC(C)C[C@H](NC(=O)c1ccc(-c2csc(N3CCN(C)CC3)n2)cc1)C(=O)N1C[C@H](C(C)(C)C)[C@H]2OCC(=O)[C@H]21. The minimum absolute atomic E-state index is 0.0368. The summed E-state index contributed by atoms with van der Waals surface area (Å²) < 4.78 is 5.87. The molecule has 0 saturated carbocycles.